The van der Waals surface area contributed by atoms with Gasteiger partial charge in [0.05, 0.1) is 34.4 Å². The van der Waals surface area contributed by atoms with Crippen molar-refractivity contribution in [3.63, 3.8) is 0 Å². The number of ether oxygens (including phenoxy) is 1. The minimum atomic E-state index is -3.77. The summed E-state index contributed by atoms with van der Waals surface area (Å²) in [5.41, 5.74) is 1.02. The minimum Gasteiger partial charge on any atom is -0.454 e. The second-order valence-corrected chi connectivity index (χ2v) is 8.70. The summed E-state index contributed by atoms with van der Waals surface area (Å²) in [5.74, 6) is -0.636. The summed E-state index contributed by atoms with van der Waals surface area (Å²) in [7, 11) is -3.77. The van der Waals surface area contributed by atoms with Crippen LogP contribution in [0.1, 0.15) is 16.7 Å². The number of pyridine rings is 1. The summed E-state index contributed by atoms with van der Waals surface area (Å²) >= 11 is 0. The quantitative estimate of drug-likeness (QED) is 0.629. The highest BCUT2D eigenvalue weighted by molar-refractivity contribution is 7.90. The number of aromatic nitrogens is 1. The molecule has 1 aliphatic rings. The molecule has 1 aliphatic heterocycles. The molecule has 4 rings (SSSR count). The molecule has 0 fully saturated rings. The molecular formula is C21H15FN4O4S. The maximum Gasteiger partial charge on any atom is 0.320 e. The number of benzene rings is 2. The van der Waals surface area contributed by atoms with Crippen molar-refractivity contribution >= 4 is 21.7 Å². The van der Waals surface area contributed by atoms with Gasteiger partial charge >= 0.3 is 6.03 Å². The molecule has 0 atom stereocenters. The molecule has 2 amide bonds. The van der Waals surface area contributed by atoms with Crippen LogP contribution in [-0.2, 0) is 22.1 Å². The van der Waals surface area contributed by atoms with Crippen LogP contribution in [0.4, 0.5) is 15.0 Å². The van der Waals surface area contributed by atoms with Crippen molar-refractivity contribution < 1.29 is 22.3 Å². The third kappa shape index (κ3) is 4.31. The summed E-state index contributed by atoms with van der Waals surface area (Å²) in [6, 6.07) is 12.6. The van der Waals surface area contributed by atoms with Gasteiger partial charge in [-0.2, -0.15) is 5.26 Å². The maximum absolute atomic E-state index is 14.7. The van der Waals surface area contributed by atoms with Crippen LogP contribution in [0.25, 0.3) is 0 Å². The largest absolute Gasteiger partial charge is 0.454 e. The molecule has 1 aromatic heterocycles. The van der Waals surface area contributed by atoms with Gasteiger partial charge in [-0.25, -0.2) is 22.6 Å². The summed E-state index contributed by atoms with van der Waals surface area (Å²) in [6.45, 7) is 0.171. The Bertz CT molecular complexity index is 1340. The summed E-state index contributed by atoms with van der Waals surface area (Å²) in [5, 5.41) is 14.1. The average Bonchev–Trinajstić information content (AvgIpc) is 2.75. The first-order valence-electron chi connectivity index (χ1n) is 9.07. The van der Waals surface area contributed by atoms with E-state index < -0.39 is 27.4 Å². The van der Waals surface area contributed by atoms with Crippen LogP contribution in [0.3, 0.4) is 0 Å². The molecule has 0 bridgehead atoms. The number of fused-ring (bicyclic) bond motifs is 1. The topological polar surface area (TPSA) is 121 Å². The number of urea groups is 1. The molecule has 3 aromatic rings. The van der Waals surface area contributed by atoms with Crippen LogP contribution in [0.5, 0.6) is 11.5 Å². The van der Waals surface area contributed by atoms with Crippen LogP contribution in [0.2, 0.25) is 0 Å². The number of hydrogen-bond donors (Lipinski definition) is 2. The molecule has 10 heteroatoms. The number of nitrogens with one attached hydrogen (secondary N) is 2. The first-order chi connectivity index (χ1) is 14.9. The van der Waals surface area contributed by atoms with Crippen molar-refractivity contribution in [3.8, 4) is 17.6 Å². The van der Waals surface area contributed by atoms with E-state index in [2.05, 4.69) is 15.6 Å². The Morgan fingerprint density at radius 3 is 2.77 bits per heavy atom. The molecule has 31 heavy (non-hydrogen) atoms. The number of nitrogens with zero attached hydrogens (tertiary/aromatic N) is 2. The maximum atomic E-state index is 14.7. The number of amides is 2. The number of anilines is 1. The molecule has 2 heterocycles. The van der Waals surface area contributed by atoms with E-state index in [4.69, 9.17) is 10.00 Å². The van der Waals surface area contributed by atoms with Gasteiger partial charge < -0.3 is 10.1 Å². The highest BCUT2D eigenvalue weighted by Gasteiger charge is 2.21. The van der Waals surface area contributed by atoms with Crippen molar-refractivity contribution in [2.45, 2.75) is 17.2 Å². The van der Waals surface area contributed by atoms with E-state index in [0.717, 1.165) is 6.07 Å². The average molecular weight is 438 g/mol. The Balaban J connectivity index is 1.56. The van der Waals surface area contributed by atoms with E-state index in [0.29, 0.717) is 17.1 Å². The molecule has 0 unspecified atom stereocenters. The molecular weight excluding hydrogens is 423 g/mol. The van der Waals surface area contributed by atoms with Gasteiger partial charge in [0.25, 0.3) is 0 Å². The first-order valence-corrected chi connectivity index (χ1v) is 10.7. The first kappa shape index (κ1) is 20.3. The number of carbonyl (C=O) groups is 1. The Morgan fingerprint density at radius 2 is 2.00 bits per heavy atom. The highest BCUT2D eigenvalue weighted by Crippen LogP contribution is 2.32. The number of hydrogen-bond acceptors (Lipinski definition) is 6. The van der Waals surface area contributed by atoms with Gasteiger partial charge in [-0.3, -0.25) is 5.32 Å². The monoisotopic (exact) mass is 438 g/mol. The van der Waals surface area contributed by atoms with Crippen molar-refractivity contribution in [2.75, 3.05) is 5.32 Å². The van der Waals surface area contributed by atoms with Crippen LogP contribution in [-0.4, -0.2) is 19.4 Å². The number of sulfone groups is 1. The van der Waals surface area contributed by atoms with E-state index in [9.17, 15) is 17.6 Å². The molecule has 0 spiro atoms. The summed E-state index contributed by atoms with van der Waals surface area (Å²) < 4.78 is 45.6. The fourth-order valence-corrected chi connectivity index (χ4v) is 4.44. The molecule has 0 aliphatic carbocycles. The fourth-order valence-electron chi connectivity index (χ4n) is 3.07. The lowest BCUT2D eigenvalue weighted by molar-refractivity contribution is 0.250. The van der Waals surface area contributed by atoms with E-state index >= 15 is 0 Å². The molecule has 156 valence electrons. The van der Waals surface area contributed by atoms with Crippen molar-refractivity contribution in [1.29, 1.82) is 5.26 Å². The van der Waals surface area contributed by atoms with Gasteiger partial charge in [0.2, 0.25) is 0 Å². The Morgan fingerprint density at radius 1 is 1.16 bits per heavy atom. The standard InChI is InChI=1S/C21H15FN4O4S/c22-17-9-14(12-31(28,29)15-3-1-2-13(8-15)10-23)4-5-19(17)30-18-6-7-24-20-16(18)11-25-21(27)26-20/h1-9H,11-12H2,(H2,24,25,26,27). The van der Waals surface area contributed by atoms with E-state index in [-0.39, 0.29) is 28.3 Å². The predicted molar refractivity (Wildman–Crippen MR) is 109 cm³/mol. The van der Waals surface area contributed by atoms with Crippen LogP contribution in [0, 0.1) is 17.1 Å². The van der Waals surface area contributed by atoms with Gasteiger partial charge in [-0.1, -0.05) is 12.1 Å². The van der Waals surface area contributed by atoms with Gasteiger partial charge in [0.1, 0.15) is 11.6 Å². The van der Waals surface area contributed by atoms with Gasteiger partial charge in [0.15, 0.2) is 21.4 Å². The summed E-state index contributed by atoms with van der Waals surface area (Å²) in [4.78, 5) is 15.5. The molecule has 8 nitrogen and oxygen atoms in total. The Labute approximate surface area is 177 Å². The Kier molecular flexibility index (Phi) is 5.27. The zero-order valence-corrected chi connectivity index (χ0v) is 16.7. The van der Waals surface area contributed by atoms with Gasteiger partial charge in [-0.15, -0.1) is 0 Å². The molecule has 2 aromatic carbocycles. The van der Waals surface area contributed by atoms with Crippen molar-refractivity contribution in [2.24, 2.45) is 0 Å². The third-order valence-corrected chi connectivity index (χ3v) is 6.25. The lowest BCUT2D eigenvalue weighted by atomic mass is 10.2. The molecule has 2 N–H and O–H groups in total. The molecule has 0 saturated carbocycles. The number of rotatable bonds is 5. The van der Waals surface area contributed by atoms with Gasteiger partial charge in [-0.05, 0) is 42.0 Å². The van der Waals surface area contributed by atoms with Crippen LogP contribution >= 0.6 is 0 Å². The second kappa shape index (κ2) is 8.04. The molecule has 0 saturated heterocycles. The van der Waals surface area contributed by atoms with Crippen molar-refractivity contribution in [3.05, 3.63) is 77.2 Å². The molecule has 0 radical (unpaired) electrons. The van der Waals surface area contributed by atoms with E-state index in [1.165, 1.54) is 48.7 Å². The van der Waals surface area contributed by atoms with E-state index in [1.807, 2.05) is 6.07 Å². The van der Waals surface area contributed by atoms with E-state index in [1.54, 1.807) is 0 Å². The fraction of sp³-hybridized carbons (Fsp3) is 0.0952. The smallest absolute Gasteiger partial charge is 0.320 e. The lowest BCUT2D eigenvalue weighted by Crippen LogP contribution is -2.34. The predicted octanol–water partition coefficient (Wildman–Crippen LogP) is 3.49. The number of halogens is 1. The third-order valence-electron chi connectivity index (χ3n) is 4.57. The number of carbonyl (C=O) groups excluding carboxylic acids is 1. The number of nitriles is 1. The SMILES string of the molecule is N#Cc1cccc(S(=O)(=O)Cc2ccc(Oc3ccnc4c3CNC(=O)N4)c(F)c2)c1. The van der Waals surface area contributed by atoms with Crippen LogP contribution < -0.4 is 15.4 Å². The minimum absolute atomic E-state index is 0.00903. The second-order valence-electron chi connectivity index (χ2n) is 6.71. The highest BCUT2D eigenvalue weighted by atomic mass is 32.2. The lowest BCUT2D eigenvalue weighted by Gasteiger charge is -2.20. The van der Waals surface area contributed by atoms with Crippen LogP contribution in [0.15, 0.2) is 59.6 Å². The van der Waals surface area contributed by atoms with Gasteiger partial charge in [0, 0.05) is 6.20 Å². The van der Waals surface area contributed by atoms with Crippen molar-refractivity contribution in [1.82, 2.24) is 10.3 Å². The summed E-state index contributed by atoms with van der Waals surface area (Å²) in [6.07, 6.45) is 1.42. The zero-order chi connectivity index (χ0) is 22.0. The zero-order valence-electron chi connectivity index (χ0n) is 15.9. The Hall–Kier alpha value is -3.97. The normalized spacial score (nSPS) is 12.8.